The summed E-state index contributed by atoms with van der Waals surface area (Å²) in [5.41, 5.74) is 1.65. The van der Waals surface area contributed by atoms with Crippen LogP contribution in [-0.4, -0.2) is 67.4 Å². The molecule has 3 aromatic heterocycles. The molecule has 0 N–H and O–H groups in total. The maximum atomic E-state index is 12.2. The first-order valence-electron chi connectivity index (χ1n) is 9.40. The van der Waals surface area contributed by atoms with E-state index in [1.165, 1.54) is 0 Å². The fourth-order valence-electron chi connectivity index (χ4n) is 3.30. The van der Waals surface area contributed by atoms with Crippen molar-refractivity contribution < 1.29 is 4.52 Å². The summed E-state index contributed by atoms with van der Waals surface area (Å²) >= 11 is 0. The highest BCUT2D eigenvalue weighted by atomic mass is 16.5. The third-order valence-electron chi connectivity index (χ3n) is 4.87. The fraction of sp³-hybridized carbons (Fsp3) is 0.421. The Morgan fingerprint density at radius 1 is 1.00 bits per heavy atom. The first-order chi connectivity index (χ1) is 13.7. The Labute approximate surface area is 162 Å². The largest absolute Gasteiger partial charge is 0.340 e. The van der Waals surface area contributed by atoms with Crippen molar-refractivity contribution in [3.8, 4) is 11.3 Å². The Bertz CT molecular complexity index is 962. The van der Waals surface area contributed by atoms with Gasteiger partial charge in [-0.25, -0.2) is 4.68 Å². The number of aromatic nitrogens is 5. The lowest BCUT2D eigenvalue weighted by Gasteiger charge is -2.33. The number of pyridine rings is 1. The molecule has 1 aliphatic rings. The van der Waals surface area contributed by atoms with E-state index in [2.05, 4.69) is 30.0 Å². The smallest absolute Gasteiger partial charge is 0.266 e. The SMILES string of the molecule is Cc1nc(CN2CCN(CCn3nc(-c4ccncc4)ccc3=O)CC2)no1. The molecule has 28 heavy (non-hydrogen) atoms. The summed E-state index contributed by atoms with van der Waals surface area (Å²) in [6, 6.07) is 7.11. The van der Waals surface area contributed by atoms with Crippen molar-refractivity contribution in [2.24, 2.45) is 0 Å². The van der Waals surface area contributed by atoms with Crippen LogP contribution in [-0.2, 0) is 13.1 Å². The maximum Gasteiger partial charge on any atom is 0.266 e. The number of hydrogen-bond donors (Lipinski definition) is 0. The predicted molar refractivity (Wildman–Crippen MR) is 102 cm³/mol. The van der Waals surface area contributed by atoms with E-state index >= 15 is 0 Å². The zero-order valence-corrected chi connectivity index (χ0v) is 15.9. The van der Waals surface area contributed by atoms with Gasteiger partial charge in [-0.15, -0.1) is 0 Å². The van der Waals surface area contributed by atoms with Crippen LogP contribution in [0.2, 0.25) is 0 Å². The lowest BCUT2D eigenvalue weighted by Crippen LogP contribution is -2.47. The van der Waals surface area contributed by atoms with Crippen LogP contribution in [0, 0.1) is 6.92 Å². The Kier molecular flexibility index (Phi) is 5.54. The van der Waals surface area contributed by atoms with E-state index < -0.39 is 0 Å². The molecule has 0 amide bonds. The molecule has 4 rings (SSSR count). The van der Waals surface area contributed by atoms with Gasteiger partial charge >= 0.3 is 0 Å². The molecule has 146 valence electrons. The molecule has 1 saturated heterocycles. The third kappa shape index (κ3) is 4.49. The number of hydrogen-bond acceptors (Lipinski definition) is 8. The quantitative estimate of drug-likeness (QED) is 0.619. The molecule has 3 aromatic rings. The van der Waals surface area contributed by atoms with Gasteiger partial charge in [0.05, 0.1) is 18.8 Å². The third-order valence-corrected chi connectivity index (χ3v) is 4.87. The van der Waals surface area contributed by atoms with Crippen molar-refractivity contribution in [2.45, 2.75) is 20.0 Å². The Balaban J connectivity index is 1.31. The minimum absolute atomic E-state index is 0.0797. The first kappa shape index (κ1) is 18.5. The predicted octanol–water partition coefficient (Wildman–Crippen LogP) is 0.815. The topological polar surface area (TPSA) is 93.2 Å². The second-order valence-corrected chi connectivity index (χ2v) is 6.86. The molecule has 0 bridgehead atoms. The second kappa shape index (κ2) is 8.41. The van der Waals surface area contributed by atoms with Crippen molar-refractivity contribution in [1.82, 2.24) is 34.7 Å². The summed E-state index contributed by atoms with van der Waals surface area (Å²) in [6.07, 6.45) is 3.45. The second-order valence-electron chi connectivity index (χ2n) is 6.86. The van der Waals surface area contributed by atoms with Crippen LogP contribution in [0.25, 0.3) is 11.3 Å². The van der Waals surface area contributed by atoms with Gasteiger partial charge in [0.1, 0.15) is 0 Å². The van der Waals surface area contributed by atoms with Gasteiger partial charge in [-0.1, -0.05) is 5.16 Å². The van der Waals surface area contributed by atoms with Crippen LogP contribution in [0.1, 0.15) is 11.7 Å². The maximum absolute atomic E-state index is 12.2. The summed E-state index contributed by atoms with van der Waals surface area (Å²) in [7, 11) is 0. The summed E-state index contributed by atoms with van der Waals surface area (Å²) < 4.78 is 6.57. The van der Waals surface area contributed by atoms with Crippen molar-refractivity contribution in [1.29, 1.82) is 0 Å². The van der Waals surface area contributed by atoms with Gasteiger partial charge in [0.25, 0.3) is 5.56 Å². The monoisotopic (exact) mass is 381 g/mol. The van der Waals surface area contributed by atoms with Crippen molar-refractivity contribution >= 4 is 0 Å². The first-order valence-corrected chi connectivity index (χ1v) is 9.40. The minimum Gasteiger partial charge on any atom is -0.340 e. The zero-order chi connectivity index (χ0) is 19.3. The van der Waals surface area contributed by atoms with E-state index in [0.29, 0.717) is 19.0 Å². The molecule has 0 unspecified atom stereocenters. The van der Waals surface area contributed by atoms with Gasteiger partial charge in [-0.2, -0.15) is 10.1 Å². The van der Waals surface area contributed by atoms with Crippen molar-refractivity contribution in [2.75, 3.05) is 32.7 Å². The summed E-state index contributed by atoms with van der Waals surface area (Å²) in [5, 5.41) is 8.47. The van der Waals surface area contributed by atoms with Gasteiger partial charge in [-0.3, -0.25) is 19.6 Å². The van der Waals surface area contributed by atoms with Gasteiger partial charge < -0.3 is 4.52 Å². The van der Waals surface area contributed by atoms with Gasteiger partial charge in [-0.05, 0) is 18.2 Å². The average Bonchev–Trinajstić information content (AvgIpc) is 3.14. The number of rotatable bonds is 6. The molecule has 9 heteroatoms. The van der Waals surface area contributed by atoms with E-state index in [1.54, 1.807) is 36.1 Å². The molecular formula is C19H23N7O2. The highest BCUT2D eigenvalue weighted by Gasteiger charge is 2.18. The van der Waals surface area contributed by atoms with Gasteiger partial charge in [0.15, 0.2) is 5.82 Å². The molecule has 0 radical (unpaired) electrons. The molecule has 0 atom stereocenters. The van der Waals surface area contributed by atoms with Crippen LogP contribution >= 0.6 is 0 Å². The Morgan fingerprint density at radius 3 is 2.46 bits per heavy atom. The summed E-state index contributed by atoms with van der Waals surface area (Å²) in [5.74, 6) is 1.33. The molecule has 0 aromatic carbocycles. The van der Waals surface area contributed by atoms with Crippen LogP contribution in [0.4, 0.5) is 0 Å². The molecular weight excluding hydrogens is 358 g/mol. The van der Waals surface area contributed by atoms with E-state index in [-0.39, 0.29) is 5.56 Å². The van der Waals surface area contributed by atoms with E-state index in [1.807, 2.05) is 12.1 Å². The van der Waals surface area contributed by atoms with Gasteiger partial charge in [0.2, 0.25) is 5.89 Å². The number of piperazine rings is 1. The number of nitrogens with zero attached hydrogens (tertiary/aromatic N) is 7. The van der Waals surface area contributed by atoms with Crippen molar-refractivity contribution in [3.05, 3.63) is 58.7 Å². The van der Waals surface area contributed by atoms with Crippen LogP contribution in [0.5, 0.6) is 0 Å². The highest BCUT2D eigenvalue weighted by molar-refractivity contribution is 5.56. The minimum atomic E-state index is -0.0797. The van der Waals surface area contributed by atoms with Crippen LogP contribution < -0.4 is 5.56 Å². The Morgan fingerprint density at radius 2 is 1.75 bits per heavy atom. The van der Waals surface area contributed by atoms with E-state index in [0.717, 1.165) is 49.8 Å². The normalized spacial score (nSPS) is 15.8. The van der Waals surface area contributed by atoms with Crippen molar-refractivity contribution in [3.63, 3.8) is 0 Å². The average molecular weight is 381 g/mol. The number of aryl methyl sites for hydroxylation is 1. The molecule has 0 aliphatic carbocycles. The fourth-order valence-corrected chi connectivity index (χ4v) is 3.30. The van der Waals surface area contributed by atoms with Crippen LogP contribution in [0.15, 0.2) is 46.0 Å². The van der Waals surface area contributed by atoms with Crippen LogP contribution in [0.3, 0.4) is 0 Å². The molecule has 0 saturated carbocycles. The zero-order valence-electron chi connectivity index (χ0n) is 15.9. The molecule has 0 spiro atoms. The molecule has 1 aliphatic heterocycles. The van der Waals surface area contributed by atoms with Gasteiger partial charge in [0, 0.05) is 63.7 Å². The van der Waals surface area contributed by atoms with E-state index in [4.69, 9.17) is 4.52 Å². The van der Waals surface area contributed by atoms with E-state index in [9.17, 15) is 4.79 Å². The molecule has 9 nitrogen and oxygen atoms in total. The molecule has 1 fully saturated rings. The lowest BCUT2D eigenvalue weighted by molar-refractivity contribution is 0.120. The summed E-state index contributed by atoms with van der Waals surface area (Å²) in [4.78, 5) is 25.1. The lowest BCUT2D eigenvalue weighted by atomic mass is 10.2. The standard InChI is InChI=1S/C19H23N7O2/c1-15-21-18(23-28-15)14-25-10-8-24(9-11-25)12-13-26-19(27)3-2-17(22-26)16-4-6-20-7-5-16/h2-7H,8-14H2,1H3. The summed E-state index contributed by atoms with van der Waals surface area (Å²) in [6.45, 7) is 7.63. The molecule has 4 heterocycles. The highest BCUT2D eigenvalue weighted by Crippen LogP contribution is 2.13. The Hall–Kier alpha value is -2.91.